The van der Waals surface area contributed by atoms with Crippen molar-refractivity contribution in [1.29, 1.82) is 0 Å². The molecule has 4 rings (SSSR count). The number of aromatic nitrogens is 3. The van der Waals surface area contributed by atoms with Gasteiger partial charge in [-0.1, -0.05) is 18.2 Å². The molecule has 1 N–H and O–H groups in total. The number of hydrogen-bond acceptors (Lipinski definition) is 5. The number of fused-ring (bicyclic) bond motifs is 1. The lowest BCUT2D eigenvalue weighted by atomic mass is 9.93. The monoisotopic (exact) mass is 534 g/mol. The van der Waals surface area contributed by atoms with E-state index in [1.165, 1.54) is 24.5 Å². The molecule has 1 aliphatic rings. The molecular formula is C19H15F4IN4O2. The third-order valence-corrected chi connectivity index (χ3v) is 5.41. The number of nitrogens with one attached hydrogen (secondary N) is 1. The van der Waals surface area contributed by atoms with Gasteiger partial charge in [-0.25, -0.2) is 4.68 Å². The third-order valence-electron chi connectivity index (χ3n) is 4.69. The molecule has 6 nitrogen and oxygen atoms in total. The fourth-order valence-electron chi connectivity index (χ4n) is 3.42. The lowest BCUT2D eigenvalue weighted by Gasteiger charge is -2.32. The predicted octanol–water partition coefficient (Wildman–Crippen LogP) is 5.23. The molecule has 2 atom stereocenters. The summed E-state index contributed by atoms with van der Waals surface area (Å²) < 4.78 is 62.3. The van der Waals surface area contributed by atoms with Crippen molar-refractivity contribution in [2.45, 2.75) is 31.7 Å². The molecular weight excluding hydrogens is 519 g/mol. The largest absolute Gasteiger partial charge is 0.431 e. The van der Waals surface area contributed by atoms with Gasteiger partial charge in [-0.2, -0.15) is 27.6 Å². The summed E-state index contributed by atoms with van der Waals surface area (Å²) in [5.74, 6) is -0.413. The normalized spacial score (nSPS) is 18.2. The zero-order valence-electron chi connectivity index (χ0n) is 15.2. The van der Waals surface area contributed by atoms with Crippen molar-refractivity contribution in [2.24, 2.45) is 0 Å². The highest BCUT2D eigenvalue weighted by Crippen LogP contribution is 2.40. The average molecular weight is 534 g/mol. The molecule has 0 radical (unpaired) electrons. The molecule has 158 valence electrons. The molecule has 0 unspecified atom stereocenters. The fourth-order valence-corrected chi connectivity index (χ4v) is 3.78. The fraction of sp³-hybridized carbons (Fsp3) is 0.263. The van der Waals surface area contributed by atoms with Crippen LogP contribution < -0.4 is 14.8 Å². The van der Waals surface area contributed by atoms with Crippen LogP contribution in [0.4, 0.5) is 23.5 Å². The Labute approximate surface area is 182 Å². The van der Waals surface area contributed by atoms with E-state index in [-0.39, 0.29) is 12.1 Å². The summed E-state index contributed by atoms with van der Waals surface area (Å²) in [6.07, 6.45) is 1.91. The molecule has 30 heavy (non-hydrogen) atoms. The van der Waals surface area contributed by atoms with Crippen molar-refractivity contribution in [2.75, 3.05) is 5.32 Å². The minimum Gasteiger partial charge on any atom is -0.431 e. The first kappa shape index (κ1) is 20.7. The molecule has 0 saturated carbocycles. The van der Waals surface area contributed by atoms with E-state index in [2.05, 4.69) is 47.5 Å². The Morgan fingerprint density at radius 1 is 0.967 bits per heavy atom. The topological polar surface area (TPSA) is 61.2 Å². The van der Waals surface area contributed by atoms with Crippen molar-refractivity contribution in [3.8, 4) is 11.5 Å². The Morgan fingerprint density at radius 2 is 1.63 bits per heavy atom. The molecule has 2 heterocycles. The molecule has 0 saturated heterocycles. The standard InChI is InChI=1S/C19H15F4IN4O2/c20-17(21)29-15-6-3-11(7-16(15)30-18(22)23)14-8-13(10-1-4-12(24)5-2-10)27-19-25-9-26-28(14)19/h1-7,9,13-14,17-18H,8H2,(H,25,26,27)/t13-,14-/m1/s1. The van der Waals surface area contributed by atoms with Gasteiger partial charge in [0.15, 0.2) is 11.5 Å². The minimum atomic E-state index is -3.19. The Morgan fingerprint density at radius 3 is 2.33 bits per heavy atom. The van der Waals surface area contributed by atoms with Crippen molar-refractivity contribution in [1.82, 2.24) is 14.8 Å². The van der Waals surface area contributed by atoms with Gasteiger partial charge in [-0.15, -0.1) is 0 Å². The molecule has 1 aliphatic heterocycles. The van der Waals surface area contributed by atoms with Crippen molar-refractivity contribution < 1.29 is 27.0 Å². The Hall–Kier alpha value is -2.57. The number of benzene rings is 2. The Kier molecular flexibility index (Phi) is 5.97. The minimum absolute atomic E-state index is 0.111. The number of alkyl halides is 4. The van der Waals surface area contributed by atoms with Gasteiger partial charge in [0.05, 0.1) is 12.1 Å². The van der Waals surface area contributed by atoms with Crippen LogP contribution >= 0.6 is 22.6 Å². The molecule has 0 amide bonds. The van der Waals surface area contributed by atoms with E-state index in [9.17, 15) is 17.6 Å². The summed E-state index contributed by atoms with van der Waals surface area (Å²) >= 11 is 2.22. The number of anilines is 1. The maximum absolute atomic E-state index is 12.8. The molecule has 0 bridgehead atoms. The first-order chi connectivity index (χ1) is 14.4. The number of rotatable bonds is 6. The summed E-state index contributed by atoms with van der Waals surface area (Å²) in [5, 5.41) is 7.53. The van der Waals surface area contributed by atoms with Gasteiger partial charge < -0.3 is 14.8 Å². The Bertz CT molecular complexity index is 1020. The highest BCUT2D eigenvalue weighted by molar-refractivity contribution is 14.1. The van der Waals surface area contributed by atoms with Crippen LogP contribution in [0.2, 0.25) is 0 Å². The zero-order valence-corrected chi connectivity index (χ0v) is 17.3. The second kappa shape index (κ2) is 8.66. The van der Waals surface area contributed by atoms with Gasteiger partial charge in [0.2, 0.25) is 5.95 Å². The predicted molar refractivity (Wildman–Crippen MR) is 108 cm³/mol. The van der Waals surface area contributed by atoms with Crippen LogP contribution in [0.1, 0.15) is 29.6 Å². The smallest absolute Gasteiger partial charge is 0.387 e. The van der Waals surface area contributed by atoms with E-state index < -0.39 is 24.7 Å². The van der Waals surface area contributed by atoms with Crippen LogP contribution in [0.25, 0.3) is 0 Å². The molecule has 11 heteroatoms. The van der Waals surface area contributed by atoms with E-state index in [0.717, 1.165) is 9.13 Å². The van der Waals surface area contributed by atoms with Crippen molar-refractivity contribution in [3.05, 3.63) is 63.5 Å². The summed E-state index contributed by atoms with van der Waals surface area (Å²) in [7, 11) is 0. The number of halogens is 5. The summed E-state index contributed by atoms with van der Waals surface area (Å²) in [4.78, 5) is 4.22. The van der Waals surface area contributed by atoms with Gasteiger partial charge >= 0.3 is 13.2 Å². The Balaban J connectivity index is 1.70. The second-order valence-corrected chi connectivity index (χ2v) is 7.74. The second-order valence-electron chi connectivity index (χ2n) is 6.49. The number of ether oxygens (including phenoxy) is 2. The molecule has 3 aromatic rings. The van der Waals surface area contributed by atoms with Crippen molar-refractivity contribution >= 4 is 28.5 Å². The van der Waals surface area contributed by atoms with E-state index in [4.69, 9.17) is 0 Å². The van der Waals surface area contributed by atoms with E-state index in [0.29, 0.717) is 17.9 Å². The van der Waals surface area contributed by atoms with Crippen LogP contribution in [-0.2, 0) is 0 Å². The van der Waals surface area contributed by atoms with Crippen LogP contribution in [0.5, 0.6) is 11.5 Å². The van der Waals surface area contributed by atoms with E-state index >= 15 is 0 Å². The SMILES string of the molecule is FC(F)Oc1ccc([C@H]2C[C@H](c3ccc(I)cc3)Nc3ncnn32)cc1OC(F)F. The molecule has 2 aromatic carbocycles. The molecule has 0 fully saturated rings. The van der Waals surface area contributed by atoms with Crippen LogP contribution in [0.15, 0.2) is 48.8 Å². The summed E-state index contributed by atoms with van der Waals surface area (Å²) in [5.41, 5.74) is 1.58. The maximum atomic E-state index is 12.8. The first-order valence-electron chi connectivity index (χ1n) is 8.86. The van der Waals surface area contributed by atoms with Gasteiger partial charge in [0.1, 0.15) is 6.33 Å². The lowest BCUT2D eigenvalue weighted by molar-refractivity contribution is -0.0692. The van der Waals surface area contributed by atoms with Gasteiger partial charge in [-0.05, 0) is 64.4 Å². The average Bonchev–Trinajstić information content (AvgIpc) is 3.17. The highest BCUT2D eigenvalue weighted by Gasteiger charge is 2.31. The maximum Gasteiger partial charge on any atom is 0.387 e. The van der Waals surface area contributed by atoms with E-state index in [1.54, 1.807) is 4.68 Å². The lowest BCUT2D eigenvalue weighted by Crippen LogP contribution is -2.28. The first-order valence-corrected chi connectivity index (χ1v) is 9.93. The number of hydrogen-bond donors (Lipinski definition) is 1. The van der Waals surface area contributed by atoms with E-state index in [1.807, 2.05) is 24.3 Å². The molecule has 1 aromatic heterocycles. The summed E-state index contributed by atoms with van der Waals surface area (Å²) in [6.45, 7) is -6.35. The third kappa shape index (κ3) is 4.45. The van der Waals surface area contributed by atoms with Gasteiger partial charge in [0, 0.05) is 3.57 Å². The molecule has 0 spiro atoms. The van der Waals surface area contributed by atoms with Crippen molar-refractivity contribution in [3.63, 3.8) is 0 Å². The van der Waals surface area contributed by atoms with Crippen LogP contribution in [0, 0.1) is 3.57 Å². The van der Waals surface area contributed by atoms with Gasteiger partial charge in [-0.3, -0.25) is 0 Å². The zero-order chi connectivity index (χ0) is 21.3. The van der Waals surface area contributed by atoms with Crippen LogP contribution in [-0.4, -0.2) is 28.0 Å². The van der Waals surface area contributed by atoms with Gasteiger partial charge in [0.25, 0.3) is 0 Å². The quantitative estimate of drug-likeness (QED) is 0.347. The number of nitrogens with zero attached hydrogens (tertiary/aromatic N) is 3. The summed E-state index contributed by atoms with van der Waals surface area (Å²) in [6, 6.07) is 11.5. The van der Waals surface area contributed by atoms with Crippen LogP contribution in [0.3, 0.4) is 0 Å². The molecule has 0 aliphatic carbocycles. The highest BCUT2D eigenvalue weighted by atomic mass is 127.